The summed E-state index contributed by atoms with van der Waals surface area (Å²) >= 11 is 6.83. The molecule has 23 heavy (non-hydrogen) atoms. The summed E-state index contributed by atoms with van der Waals surface area (Å²) in [5.74, 6) is -0.377. The second-order valence-electron chi connectivity index (χ2n) is 4.68. The molecule has 4 heteroatoms. The molecule has 0 spiro atoms. The van der Waals surface area contributed by atoms with Crippen LogP contribution in [0.4, 0.5) is 0 Å². The second kappa shape index (κ2) is 8.65. The number of hydrogen-bond donors (Lipinski definition) is 1. The quantitative estimate of drug-likeness (QED) is 0.359. The van der Waals surface area contributed by atoms with E-state index >= 15 is 0 Å². The van der Waals surface area contributed by atoms with Crippen molar-refractivity contribution >= 4 is 49.8 Å². The standard InChI is InChI=1S/C19H14Br2O2/c20-18-7-3-1-5-14(18)9-11-16(22)13-17(23)12-10-15-6-2-4-8-19(15)21/h1-13,22H/b11-9+,12-10+,16-13-. The lowest BCUT2D eigenvalue weighted by atomic mass is 10.2. The minimum absolute atomic E-state index is 0.0949. The minimum Gasteiger partial charge on any atom is -0.508 e. The number of carbonyl (C=O) groups excluding carboxylic acids is 1. The topological polar surface area (TPSA) is 37.3 Å². The summed E-state index contributed by atoms with van der Waals surface area (Å²) in [6.45, 7) is 0. The van der Waals surface area contributed by atoms with Gasteiger partial charge in [0.1, 0.15) is 5.76 Å². The number of aliphatic hydroxyl groups is 1. The molecule has 0 aliphatic carbocycles. The summed E-state index contributed by atoms with van der Waals surface area (Å²) in [4.78, 5) is 11.8. The van der Waals surface area contributed by atoms with Gasteiger partial charge in [-0.15, -0.1) is 0 Å². The predicted molar refractivity (Wildman–Crippen MR) is 102 cm³/mol. The molecule has 0 amide bonds. The van der Waals surface area contributed by atoms with Crippen molar-refractivity contribution in [3.05, 3.63) is 92.6 Å². The maximum atomic E-state index is 11.8. The van der Waals surface area contributed by atoms with Gasteiger partial charge in [0.05, 0.1) is 0 Å². The summed E-state index contributed by atoms with van der Waals surface area (Å²) in [7, 11) is 0. The number of benzene rings is 2. The zero-order valence-corrected chi connectivity index (χ0v) is 15.3. The minimum atomic E-state index is -0.282. The van der Waals surface area contributed by atoms with Crippen molar-refractivity contribution < 1.29 is 9.90 Å². The van der Waals surface area contributed by atoms with Gasteiger partial charge in [0, 0.05) is 15.0 Å². The number of carbonyl (C=O) groups is 1. The molecule has 0 radical (unpaired) electrons. The van der Waals surface area contributed by atoms with Gasteiger partial charge in [-0.25, -0.2) is 0 Å². The molecule has 2 nitrogen and oxygen atoms in total. The Morgan fingerprint density at radius 2 is 1.30 bits per heavy atom. The van der Waals surface area contributed by atoms with E-state index in [2.05, 4.69) is 31.9 Å². The molecule has 0 saturated heterocycles. The van der Waals surface area contributed by atoms with E-state index in [4.69, 9.17) is 0 Å². The number of ketones is 1. The van der Waals surface area contributed by atoms with Gasteiger partial charge in [-0.05, 0) is 41.5 Å². The first kappa shape index (κ1) is 17.4. The van der Waals surface area contributed by atoms with Crippen molar-refractivity contribution in [1.29, 1.82) is 0 Å². The van der Waals surface area contributed by atoms with Gasteiger partial charge in [-0.1, -0.05) is 74.3 Å². The van der Waals surface area contributed by atoms with E-state index in [1.165, 1.54) is 18.2 Å². The van der Waals surface area contributed by atoms with Gasteiger partial charge in [0.25, 0.3) is 0 Å². The van der Waals surface area contributed by atoms with Crippen LogP contribution in [-0.2, 0) is 4.79 Å². The maximum Gasteiger partial charge on any atom is 0.182 e. The lowest BCUT2D eigenvalue weighted by molar-refractivity contribution is -0.110. The van der Waals surface area contributed by atoms with E-state index in [0.717, 1.165) is 20.1 Å². The maximum absolute atomic E-state index is 11.8. The van der Waals surface area contributed by atoms with Crippen LogP contribution in [0.3, 0.4) is 0 Å². The Labute approximate surface area is 152 Å². The Morgan fingerprint density at radius 1 is 0.826 bits per heavy atom. The molecule has 0 aliphatic rings. The molecule has 2 aromatic carbocycles. The molecule has 116 valence electrons. The summed E-state index contributed by atoms with van der Waals surface area (Å²) in [6.07, 6.45) is 7.53. The van der Waals surface area contributed by atoms with Gasteiger partial charge in [0.2, 0.25) is 0 Å². The molecular weight excluding hydrogens is 420 g/mol. The first-order valence-electron chi connectivity index (χ1n) is 6.86. The van der Waals surface area contributed by atoms with Crippen LogP contribution in [0.15, 0.2) is 81.5 Å². The molecule has 0 atom stereocenters. The average molecular weight is 434 g/mol. The van der Waals surface area contributed by atoms with E-state index in [1.54, 1.807) is 12.2 Å². The molecule has 0 saturated carbocycles. The highest BCUT2D eigenvalue weighted by atomic mass is 79.9. The third kappa shape index (κ3) is 5.66. The van der Waals surface area contributed by atoms with Gasteiger partial charge in [-0.2, -0.15) is 0 Å². The molecular formula is C19H14Br2O2. The Kier molecular flexibility index (Phi) is 6.56. The summed E-state index contributed by atoms with van der Waals surface area (Å²) in [5.41, 5.74) is 1.82. The highest BCUT2D eigenvalue weighted by Gasteiger charge is 1.98. The van der Waals surface area contributed by atoms with E-state index in [-0.39, 0.29) is 11.5 Å². The van der Waals surface area contributed by atoms with E-state index < -0.39 is 0 Å². The van der Waals surface area contributed by atoms with E-state index in [0.29, 0.717) is 0 Å². The molecule has 0 unspecified atom stereocenters. The average Bonchev–Trinajstić information content (AvgIpc) is 2.53. The lowest BCUT2D eigenvalue weighted by Crippen LogP contribution is -1.89. The summed E-state index contributed by atoms with van der Waals surface area (Å²) in [6, 6.07) is 15.2. The van der Waals surface area contributed by atoms with E-state index in [9.17, 15) is 9.90 Å². The normalized spacial score (nSPS) is 12.2. The van der Waals surface area contributed by atoms with Gasteiger partial charge < -0.3 is 5.11 Å². The van der Waals surface area contributed by atoms with Gasteiger partial charge in [0.15, 0.2) is 5.78 Å². The third-order valence-corrected chi connectivity index (χ3v) is 4.41. The Balaban J connectivity index is 2.04. The highest BCUT2D eigenvalue weighted by Crippen LogP contribution is 2.18. The fourth-order valence-corrected chi connectivity index (χ4v) is 2.64. The van der Waals surface area contributed by atoms with Crippen LogP contribution in [0.1, 0.15) is 11.1 Å². The van der Waals surface area contributed by atoms with Crippen LogP contribution in [0.5, 0.6) is 0 Å². The fraction of sp³-hybridized carbons (Fsp3) is 0. The zero-order chi connectivity index (χ0) is 16.7. The number of halogens is 2. The monoisotopic (exact) mass is 432 g/mol. The van der Waals surface area contributed by atoms with Crippen molar-refractivity contribution in [3.8, 4) is 0 Å². The number of rotatable bonds is 5. The van der Waals surface area contributed by atoms with Crippen LogP contribution >= 0.6 is 31.9 Å². The Hall–Kier alpha value is -1.91. The first-order chi connectivity index (χ1) is 11.1. The Bertz CT molecular complexity index is 789. The molecule has 2 aromatic rings. The van der Waals surface area contributed by atoms with Gasteiger partial charge in [-0.3, -0.25) is 4.79 Å². The molecule has 0 heterocycles. The predicted octanol–water partition coefficient (Wildman–Crippen LogP) is 5.95. The van der Waals surface area contributed by atoms with Crippen LogP contribution in [0.25, 0.3) is 12.2 Å². The zero-order valence-electron chi connectivity index (χ0n) is 12.1. The van der Waals surface area contributed by atoms with Gasteiger partial charge >= 0.3 is 0 Å². The summed E-state index contributed by atoms with van der Waals surface area (Å²) in [5, 5.41) is 9.82. The van der Waals surface area contributed by atoms with Crippen molar-refractivity contribution in [2.75, 3.05) is 0 Å². The second-order valence-corrected chi connectivity index (χ2v) is 6.39. The molecule has 1 N–H and O–H groups in total. The van der Waals surface area contributed by atoms with Crippen LogP contribution in [0.2, 0.25) is 0 Å². The van der Waals surface area contributed by atoms with E-state index in [1.807, 2.05) is 48.5 Å². The highest BCUT2D eigenvalue weighted by molar-refractivity contribution is 9.10. The summed E-state index contributed by atoms with van der Waals surface area (Å²) < 4.78 is 1.83. The van der Waals surface area contributed by atoms with Crippen LogP contribution in [0, 0.1) is 0 Å². The molecule has 0 aromatic heterocycles. The van der Waals surface area contributed by atoms with Crippen molar-refractivity contribution in [1.82, 2.24) is 0 Å². The van der Waals surface area contributed by atoms with Crippen LogP contribution in [-0.4, -0.2) is 10.9 Å². The molecule has 2 rings (SSSR count). The lowest BCUT2D eigenvalue weighted by Gasteiger charge is -1.97. The fourth-order valence-electron chi connectivity index (χ4n) is 1.81. The molecule has 0 aliphatic heterocycles. The van der Waals surface area contributed by atoms with Crippen molar-refractivity contribution in [2.45, 2.75) is 0 Å². The molecule has 0 bridgehead atoms. The molecule has 0 fully saturated rings. The number of allylic oxidation sites excluding steroid dienone is 3. The van der Waals surface area contributed by atoms with Crippen molar-refractivity contribution in [2.24, 2.45) is 0 Å². The third-order valence-electron chi connectivity index (χ3n) is 2.96. The smallest absolute Gasteiger partial charge is 0.182 e. The largest absolute Gasteiger partial charge is 0.508 e. The Morgan fingerprint density at radius 3 is 1.83 bits per heavy atom. The number of hydrogen-bond acceptors (Lipinski definition) is 2. The van der Waals surface area contributed by atoms with Crippen LogP contribution < -0.4 is 0 Å². The number of aliphatic hydroxyl groups excluding tert-OH is 1. The SMILES string of the molecule is O=C(/C=C(O)/C=C/c1ccccc1Br)/C=C/c1ccccc1Br. The first-order valence-corrected chi connectivity index (χ1v) is 8.45. The van der Waals surface area contributed by atoms with Crippen molar-refractivity contribution in [3.63, 3.8) is 0 Å².